The maximum Gasteiger partial charge on any atom is 0.243 e. The number of carbonyl (C=O) groups is 1. The van der Waals surface area contributed by atoms with Crippen LogP contribution in [0.2, 0.25) is 0 Å². The summed E-state index contributed by atoms with van der Waals surface area (Å²) >= 11 is 0. The number of carbonyl (C=O) groups excluding carboxylic acids is 1. The lowest BCUT2D eigenvalue weighted by atomic mass is 9.97. The number of rotatable bonds is 5. The van der Waals surface area contributed by atoms with Crippen molar-refractivity contribution in [3.63, 3.8) is 0 Å². The van der Waals surface area contributed by atoms with E-state index < -0.39 is 10.0 Å². The quantitative estimate of drug-likeness (QED) is 0.862. The Bertz CT molecular complexity index is 664. The van der Waals surface area contributed by atoms with Crippen molar-refractivity contribution in [2.75, 3.05) is 26.3 Å². The normalized spacial score (nSPS) is 23.3. The van der Waals surface area contributed by atoms with Crippen LogP contribution in [-0.2, 0) is 19.6 Å². The van der Waals surface area contributed by atoms with Crippen LogP contribution in [0.15, 0.2) is 35.2 Å². The molecule has 1 atom stereocenters. The number of piperidine rings is 1. The lowest BCUT2D eigenvalue weighted by molar-refractivity contribution is -0.124. The molecular formula is C18H26N2O4S. The molecule has 2 aliphatic rings. The van der Waals surface area contributed by atoms with Gasteiger partial charge in [-0.1, -0.05) is 18.2 Å². The summed E-state index contributed by atoms with van der Waals surface area (Å²) in [6, 6.07) is 8.56. The van der Waals surface area contributed by atoms with E-state index in [9.17, 15) is 13.2 Å². The summed E-state index contributed by atoms with van der Waals surface area (Å²) in [7, 11) is -3.43. The number of amides is 1. The molecule has 0 bridgehead atoms. The van der Waals surface area contributed by atoms with Crippen LogP contribution in [0.25, 0.3) is 0 Å². The van der Waals surface area contributed by atoms with Gasteiger partial charge in [-0.3, -0.25) is 4.79 Å². The predicted octanol–water partition coefficient (Wildman–Crippen LogP) is 1.77. The summed E-state index contributed by atoms with van der Waals surface area (Å²) in [4.78, 5) is 12.5. The Morgan fingerprint density at radius 2 is 1.88 bits per heavy atom. The van der Waals surface area contributed by atoms with Crippen LogP contribution in [0.3, 0.4) is 0 Å². The molecule has 1 amide bonds. The average Bonchev–Trinajstić information content (AvgIpc) is 2.63. The topological polar surface area (TPSA) is 75.7 Å². The zero-order valence-corrected chi connectivity index (χ0v) is 15.2. The van der Waals surface area contributed by atoms with Gasteiger partial charge in [-0.15, -0.1) is 0 Å². The highest BCUT2D eigenvalue weighted by Crippen LogP contribution is 2.21. The number of ether oxygens (including phenoxy) is 1. The Kier molecular flexibility index (Phi) is 6.09. The second-order valence-corrected chi connectivity index (χ2v) is 8.78. The lowest BCUT2D eigenvalue weighted by Crippen LogP contribution is -2.46. The number of nitrogens with one attached hydrogen (secondary N) is 1. The van der Waals surface area contributed by atoms with E-state index in [1.165, 1.54) is 4.31 Å². The molecule has 0 saturated carbocycles. The maximum atomic E-state index is 12.6. The lowest BCUT2D eigenvalue weighted by Gasteiger charge is -2.32. The van der Waals surface area contributed by atoms with E-state index in [4.69, 9.17) is 4.74 Å². The number of hydrogen-bond acceptors (Lipinski definition) is 4. The molecule has 1 unspecified atom stereocenters. The van der Waals surface area contributed by atoms with Crippen LogP contribution in [0.5, 0.6) is 0 Å². The second kappa shape index (κ2) is 8.29. The second-order valence-electron chi connectivity index (χ2n) is 6.85. The van der Waals surface area contributed by atoms with Gasteiger partial charge in [0.25, 0.3) is 0 Å². The first kappa shape index (κ1) is 18.4. The molecule has 1 N–H and O–H groups in total. The van der Waals surface area contributed by atoms with Gasteiger partial charge >= 0.3 is 0 Å². The molecule has 138 valence electrons. The third-order valence-corrected chi connectivity index (χ3v) is 6.84. The summed E-state index contributed by atoms with van der Waals surface area (Å²) in [6.45, 7) is 2.34. The van der Waals surface area contributed by atoms with Crippen molar-refractivity contribution >= 4 is 15.9 Å². The van der Waals surface area contributed by atoms with E-state index in [1.54, 1.807) is 30.3 Å². The van der Waals surface area contributed by atoms with Crippen molar-refractivity contribution < 1.29 is 17.9 Å². The van der Waals surface area contributed by atoms with Crippen molar-refractivity contribution in [1.82, 2.24) is 9.62 Å². The number of nitrogens with zero attached hydrogens (tertiary/aromatic N) is 1. The van der Waals surface area contributed by atoms with Gasteiger partial charge in [0.15, 0.2) is 0 Å². The van der Waals surface area contributed by atoms with E-state index in [2.05, 4.69) is 5.32 Å². The smallest absolute Gasteiger partial charge is 0.243 e. The molecule has 7 heteroatoms. The summed E-state index contributed by atoms with van der Waals surface area (Å²) in [6.07, 6.45) is 3.87. The Balaban J connectivity index is 1.47. The first-order valence-electron chi connectivity index (χ1n) is 8.98. The largest absolute Gasteiger partial charge is 0.381 e. The number of hydrogen-bond donors (Lipinski definition) is 1. The predicted molar refractivity (Wildman–Crippen MR) is 94.5 cm³/mol. The molecule has 6 nitrogen and oxygen atoms in total. The Hall–Kier alpha value is -1.44. The highest BCUT2D eigenvalue weighted by molar-refractivity contribution is 7.89. The minimum Gasteiger partial charge on any atom is -0.381 e. The summed E-state index contributed by atoms with van der Waals surface area (Å²) < 4.78 is 32.1. The van der Waals surface area contributed by atoms with Crippen molar-refractivity contribution in [3.8, 4) is 0 Å². The van der Waals surface area contributed by atoms with Crippen molar-refractivity contribution in [2.24, 2.45) is 5.92 Å². The molecule has 2 heterocycles. The molecule has 0 aliphatic carbocycles. The molecule has 2 aliphatic heterocycles. The van der Waals surface area contributed by atoms with Gasteiger partial charge in [0.1, 0.15) is 0 Å². The fraction of sp³-hybridized carbons (Fsp3) is 0.611. The van der Waals surface area contributed by atoms with E-state index in [0.717, 1.165) is 19.4 Å². The van der Waals surface area contributed by atoms with Crippen LogP contribution in [0, 0.1) is 5.92 Å². The van der Waals surface area contributed by atoms with Crippen LogP contribution in [0.4, 0.5) is 0 Å². The van der Waals surface area contributed by atoms with Crippen LogP contribution >= 0.6 is 0 Å². The molecule has 2 fully saturated rings. The maximum absolute atomic E-state index is 12.6. The molecule has 1 aromatic carbocycles. The highest BCUT2D eigenvalue weighted by atomic mass is 32.2. The van der Waals surface area contributed by atoms with Crippen molar-refractivity contribution in [3.05, 3.63) is 30.3 Å². The van der Waals surface area contributed by atoms with Crippen LogP contribution < -0.4 is 5.32 Å². The Morgan fingerprint density at radius 3 is 2.52 bits per heavy atom. The van der Waals surface area contributed by atoms with Gasteiger partial charge in [-0.25, -0.2) is 8.42 Å². The average molecular weight is 366 g/mol. The highest BCUT2D eigenvalue weighted by Gasteiger charge is 2.30. The molecule has 0 aromatic heterocycles. The minimum atomic E-state index is -3.43. The molecule has 0 radical (unpaired) electrons. The van der Waals surface area contributed by atoms with Gasteiger partial charge in [0, 0.05) is 38.8 Å². The van der Waals surface area contributed by atoms with Crippen molar-refractivity contribution in [1.29, 1.82) is 0 Å². The zero-order valence-electron chi connectivity index (χ0n) is 14.4. The Morgan fingerprint density at radius 1 is 1.16 bits per heavy atom. The van der Waals surface area contributed by atoms with Gasteiger partial charge in [0.05, 0.1) is 4.90 Å². The molecule has 25 heavy (non-hydrogen) atoms. The minimum absolute atomic E-state index is 0.0548. The first-order valence-corrected chi connectivity index (χ1v) is 10.4. The first-order chi connectivity index (χ1) is 12.1. The van der Waals surface area contributed by atoms with Crippen LogP contribution in [0.1, 0.15) is 32.1 Å². The fourth-order valence-electron chi connectivity index (χ4n) is 3.50. The fourth-order valence-corrected chi connectivity index (χ4v) is 4.99. The monoisotopic (exact) mass is 366 g/mol. The van der Waals surface area contributed by atoms with Gasteiger partial charge in [0.2, 0.25) is 15.9 Å². The van der Waals surface area contributed by atoms with Crippen LogP contribution in [-0.4, -0.2) is 51.0 Å². The van der Waals surface area contributed by atoms with Gasteiger partial charge in [-0.05, 0) is 43.7 Å². The molecule has 2 saturated heterocycles. The summed E-state index contributed by atoms with van der Waals surface area (Å²) in [5, 5.41) is 3.06. The van der Waals surface area contributed by atoms with E-state index in [-0.39, 0.29) is 11.9 Å². The van der Waals surface area contributed by atoms with Crippen molar-refractivity contribution in [2.45, 2.75) is 43.0 Å². The Labute approximate surface area is 149 Å². The molecule has 1 aromatic rings. The zero-order chi connectivity index (χ0) is 17.7. The summed E-state index contributed by atoms with van der Waals surface area (Å²) in [5.41, 5.74) is 0. The molecule has 3 rings (SSSR count). The third-order valence-electron chi connectivity index (χ3n) is 4.93. The number of benzene rings is 1. The van der Waals surface area contributed by atoms with Gasteiger partial charge in [-0.2, -0.15) is 4.31 Å². The van der Waals surface area contributed by atoms with Gasteiger partial charge < -0.3 is 10.1 Å². The standard InChI is InChI=1S/C18H26N2O4S/c21-18(13-15-5-4-12-24-14-15)19-16-8-10-20(11-9-16)25(22,23)17-6-2-1-3-7-17/h1-3,6-7,15-16H,4-5,8-14H2,(H,19,21). The van der Waals surface area contributed by atoms with E-state index in [1.807, 2.05) is 0 Å². The SMILES string of the molecule is O=C(CC1CCCOC1)NC1CCN(S(=O)(=O)c2ccccc2)CC1. The summed E-state index contributed by atoms with van der Waals surface area (Å²) in [5.74, 6) is 0.368. The molecular weight excluding hydrogens is 340 g/mol. The van der Waals surface area contributed by atoms with E-state index >= 15 is 0 Å². The number of sulfonamides is 1. The molecule has 0 spiro atoms. The third kappa shape index (κ3) is 4.80. The van der Waals surface area contributed by atoms with E-state index in [0.29, 0.717) is 49.8 Å².